The highest BCUT2D eigenvalue weighted by Gasteiger charge is 2.17. The number of nitrogens with one attached hydrogen (secondary N) is 2. The molecule has 3 heterocycles. The number of benzene rings is 1. The van der Waals surface area contributed by atoms with Crippen LogP contribution in [0.4, 0.5) is 0 Å². The second kappa shape index (κ2) is 10.3. The van der Waals surface area contributed by atoms with E-state index in [1.54, 1.807) is 0 Å². The van der Waals surface area contributed by atoms with Crippen molar-refractivity contribution in [2.75, 3.05) is 19.7 Å². The maximum absolute atomic E-state index is 12.4. The molecule has 0 aliphatic carbocycles. The Morgan fingerprint density at radius 2 is 2.13 bits per heavy atom. The minimum Gasteiger partial charge on any atom is -0.377 e. The molecule has 0 saturated carbocycles. The van der Waals surface area contributed by atoms with Crippen LogP contribution in [0.15, 0.2) is 24.4 Å². The Morgan fingerprint density at radius 3 is 2.83 bits per heavy atom. The van der Waals surface area contributed by atoms with Gasteiger partial charge in [0, 0.05) is 32.4 Å². The average molecular weight is 473 g/mol. The second-order valence-corrected chi connectivity index (χ2v) is 9.70. The van der Waals surface area contributed by atoms with E-state index in [0.717, 1.165) is 42.1 Å². The maximum atomic E-state index is 12.4. The summed E-state index contributed by atoms with van der Waals surface area (Å²) in [5.74, 6) is -0.0338. The van der Waals surface area contributed by atoms with Gasteiger partial charge in [0.25, 0.3) is 5.91 Å². The first-order valence-electron chi connectivity index (χ1n) is 9.90. The summed E-state index contributed by atoms with van der Waals surface area (Å²) in [5.41, 5.74) is 3.27. The van der Waals surface area contributed by atoms with E-state index in [9.17, 15) is 4.79 Å². The highest BCUT2D eigenvalue weighted by Crippen LogP contribution is 2.25. The third-order valence-electron chi connectivity index (χ3n) is 4.90. The summed E-state index contributed by atoms with van der Waals surface area (Å²) in [6, 6.07) is 6.33. The van der Waals surface area contributed by atoms with E-state index in [-0.39, 0.29) is 36.1 Å². The molecule has 1 saturated heterocycles. The quantitative estimate of drug-likeness (QED) is 0.556. The van der Waals surface area contributed by atoms with Crippen LogP contribution in [-0.4, -0.2) is 41.1 Å². The number of hydrogen-bond acceptors (Lipinski definition) is 5. The van der Waals surface area contributed by atoms with E-state index in [2.05, 4.69) is 49.6 Å². The average Bonchev–Trinajstić information content (AvgIpc) is 3.34. The number of thiazole rings is 1. The molecular weight excluding hydrogens is 443 g/mol. The van der Waals surface area contributed by atoms with Crippen LogP contribution in [0.2, 0.25) is 0 Å². The van der Waals surface area contributed by atoms with E-state index in [4.69, 9.17) is 9.72 Å². The van der Waals surface area contributed by atoms with Crippen LogP contribution < -0.4 is 10.6 Å². The Hall–Kier alpha value is -1.38. The number of aromatic nitrogens is 2. The van der Waals surface area contributed by atoms with E-state index in [1.165, 1.54) is 23.3 Å². The van der Waals surface area contributed by atoms with E-state index >= 15 is 0 Å². The summed E-state index contributed by atoms with van der Waals surface area (Å²) in [6.07, 6.45) is 4.56. The molecule has 1 amide bonds. The SMILES string of the molecule is CC(C)(C)CNC(=O)c1cn2c(nc3cc(CNCC4CCCO4)ccc32)s1.Cl.Cl. The monoisotopic (exact) mass is 472 g/mol. The van der Waals surface area contributed by atoms with Crippen LogP contribution in [0, 0.1) is 5.41 Å². The lowest BCUT2D eigenvalue weighted by Gasteiger charge is -2.18. The second-order valence-electron chi connectivity index (χ2n) is 8.69. The number of imidazole rings is 1. The third kappa shape index (κ3) is 5.86. The highest BCUT2D eigenvalue weighted by molar-refractivity contribution is 7.18. The van der Waals surface area contributed by atoms with Crippen LogP contribution in [0.3, 0.4) is 0 Å². The first-order valence-corrected chi connectivity index (χ1v) is 10.7. The molecule has 0 spiro atoms. The lowest BCUT2D eigenvalue weighted by atomic mass is 9.97. The van der Waals surface area contributed by atoms with Crippen molar-refractivity contribution in [3.63, 3.8) is 0 Å². The molecule has 2 aromatic heterocycles. The number of carbonyl (C=O) groups excluding carboxylic acids is 1. The van der Waals surface area contributed by atoms with E-state index < -0.39 is 0 Å². The van der Waals surface area contributed by atoms with Gasteiger partial charge in [-0.15, -0.1) is 24.8 Å². The van der Waals surface area contributed by atoms with Crippen molar-refractivity contribution in [2.24, 2.45) is 5.41 Å². The molecule has 6 nitrogen and oxygen atoms in total. The number of halogens is 2. The van der Waals surface area contributed by atoms with Gasteiger partial charge in [-0.1, -0.05) is 38.2 Å². The maximum Gasteiger partial charge on any atom is 0.263 e. The van der Waals surface area contributed by atoms with Gasteiger partial charge in [-0.3, -0.25) is 9.20 Å². The lowest BCUT2D eigenvalue weighted by Crippen LogP contribution is -2.31. The molecule has 1 aliphatic heterocycles. The molecule has 1 fully saturated rings. The number of rotatable bonds is 6. The Morgan fingerprint density at radius 1 is 1.33 bits per heavy atom. The van der Waals surface area contributed by atoms with Crippen molar-refractivity contribution in [1.82, 2.24) is 20.0 Å². The van der Waals surface area contributed by atoms with Gasteiger partial charge in [0.05, 0.1) is 17.1 Å². The molecule has 2 N–H and O–H groups in total. The van der Waals surface area contributed by atoms with Crippen LogP contribution in [0.5, 0.6) is 0 Å². The molecule has 9 heteroatoms. The fourth-order valence-electron chi connectivity index (χ4n) is 3.39. The van der Waals surface area contributed by atoms with Gasteiger partial charge in [0.1, 0.15) is 4.88 Å². The summed E-state index contributed by atoms with van der Waals surface area (Å²) < 4.78 is 7.66. The van der Waals surface area contributed by atoms with E-state index in [0.29, 0.717) is 17.5 Å². The fraction of sp³-hybridized carbons (Fsp3) is 0.524. The lowest BCUT2D eigenvalue weighted by molar-refractivity contribution is 0.0943. The van der Waals surface area contributed by atoms with Crippen molar-refractivity contribution >= 4 is 58.1 Å². The summed E-state index contributed by atoms with van der Waals surface area (Å²) in [4.78, 5) is 18.7. The molecule has 1 atom stereocenters. The zero-order chi connectivity index (χ0) is 19.7. The summed E-state index contributed by atoms with van der Waals surface area (Å²) in [7, 11) is 0. The molecule has 166 valence electrons. The highest BCUT2D eigenvalue weighted by atomic mass is 35.5. The minimum atomic E-state index is -0.0338. The van der Waals surface area contributed by atoms with Crippen LogP contribution in [0.25, 0.3) is 16.0 Å². The summed E-state index contributed by atoms with van der Waals surface area (Å²) >= 11 is 1.43. The molecule has 3 aromatic rings. The fourth-order valence-corrected chi connectivity index (χ4v) is 4.30. The Bertz CT molecular complexity index is 990. The molecule has 1 unspecified atom stereocenters. The number of ether oxygens (including phenoxy) is 1. The number of fused-ring (bicyclic) bond motifs is 3. The zero-order valence-electron chi connectivity index (χ0n) is 17.6. The first kappa shape index (κ1) is 24.9. The summed E-state index contributed by atoms with van der Waals surface area (Å²) in [6.45, 7) is 9.56. The Kier molecular flexibility index (Phi) is 8.53. The molecule has 4 rings (SSSR count). The molecular formula is C21H30Cl2N4O2S. The normalized spacial score (nSPS) is 16.4. The van der Waals surface area contributed by atoms with Gasteiger partial charge in [-0.25, -0.2) is 4.98 Å². The number of amides is 1. The van der Waals surface area contributed by atoms with Crippen LogP contribution in [-0.2, 0) is 11.3 Å². The van der Waals surface area contributed by atoms with Crippen LogP contribution >= 0.6 is 36.2 Å². The molecule has 1 aromatic carbocycles. The topological polar surface area (TPSA) is 67.7 Å². The Balaban J connectivity index is 0.00000160. The predicted molar refractivity (Wildman–Crippen MR) is 128 cm³/mol. The smallest absolute Gasteiger partial charge is 0.263 e. The Labute approximate surface area is 193 Å². The van der Waals surface area contributed by atoms with Crippen molar-refractivity contribution in [3.05, 3.63) is 34.8 Å². The van der Waals surface area contributed by atoms with Gasteiger partial charge < -0.3 is 15.4 Å². The van der Waals surface area contributed by atoms with Gasteiger partial charge >= 0.3 is 0 Å². The van der Waals surface area contributed by atoms with Gasteiger partial charge in [0.15, 0.2) is 4.96 Å². The third-order valence-corrected chi connectivity index (χ3v) is 5.88. The minimum absolute atomic E-state index is 0. The predicted octanol–water partition coefficient (Wildman–Crippen LogP) is 4.44. The van der Waals surface area contributed by atoms with Crippen molar-refractivity contribution in [1.29, 1.82) is 0 Å². The molecule has 0 bridgehead atoms. The van der Waals surface area contributed by atoms with Crippen molar-refractivity contribution in [2.45, 2.75) is 46.3 Å². The van der Waals surface area contributed by atoms with Gasteiger partial charge in [-0.05, 0) is 36.0 Å². The number of nitrogens with zero attached hydrogens (tertiary/aromatic N) is 2. The first-order chi connectivity index (χ1) is 13.4. The summed E-state index contributed by atoms with van der Waals surface area (Å²) in [5, 5.41) is 6.48. The van der Waals surface area contributed by atoms with Crippen molar-refractivity contribution < 1.29 is 9.53 Å². The number of carbonyl (C=O) groups is 1. The largest absolute Gasteiger partial charge is 0.377 e. The molecule has 0 radical (unpaired) electrons. The number of hydrogen-bond donors (Lipinski definition) is 2. The van der Waals surface area contributed by atoms with Gasteiger partial charge in [0.2, 0.25) is 0 Å². The molecule has 30 heavy (non-hydrogen) atoms. The molecule has 1 aliphatic rings. The standard InChI is InChI=1S/C21H28N4O2S.2ClH/c1-21(2,3)13-23-19(26)18-12-25-17-7-6-14(9-16(17)24-20(25)28-18)10-22-11-15-5-4-8-27-15;;/h6-7,9,12,15,22H,4-5,8,10-11,13H2,1-3H3,(H,23,26);2*1H. The van der Waals surface area contributed by atoms with Crippen molar-refractivity contribution in [3.8, 4) is 0 Å². The van der Waals surface area contributed by atoms with Gasteiger partial charge in [-0.2, -0.15) is 0 Å². The van der Waals surface area contributed by atoms with Crippen LogP contribution in [0.1, 0.15) is 48.8 Å². The van der Waals surface area contributed by atoms with E-state index in [1.807, 2.05) is 10.6 Å². The zero-order valence-corrected chi connectivity index (χ0v) is 20.0.